The predicted molar refractivity (Wildman–Crippen MR) is 86.2 cm³/mol. The highest BCUT2D eigenvalue weighted by atomic mass is 32.1. The summed E-state index contributed by atoms with van der Waals surface area (Å²) >= 11 is 1.64. The maximum absolute atomic E-state index is 5.43. The van der Waals surface area contributed by atoms with Gasteiger partial charge in [0.05, 0.1) is 5.39 Å². The van der Waals surface area contributed by atoms with Crippen molar-refractivity contribution in [2.24, 2.45) is 5.84 Å². The highest BCUT2D eigenvalue weighted by molar-refractivity contribution is 7.18. The van der Waals surface area contributed by atoms with Crippen molar-refractivity contribution >= 4 is 33.3 Å². The second-order valence-electron chi connectivity index (χ2n) is 5.12. The van der Waals surface area contributed by atoms with E-state index < -0.39 is 0 Å². The number of hydrogen-bond donors (Lipinski definition) is 3. The minimum atomic E-state index is 0.444. The average molecular weight is 294 g/mol. The number of hydrogen-bond acceptors (Lipinski definition) is 7. The van der Waals surface area contributed by atoms with Gasteiger partial charge in [-0.15, -0.1) is 11.3 Å². The van der Waals surface area contributed by atoms with Crippen molar-refractivity contribution < 1.29 is 0 Å². The minimum absolute atomic E-state index is 0.444. The molecule has 6 nitrogen and oxygen atoms in total. The number of anilines is 2. The van der Waals surface area contributed by atoms with Gasteiger partial charge in [0.25, 0.3) is 0 Å². The smallest absolute Gasteiger partial charge is 0.240 e. The number of aromatic nitrogens is 2. The second kappa shape index (κ2) is 6.34. The molecule has 0 atom stereocenters. The number of nitrogen functional groups attached to an aromatic ring is 1. The van der Waals surface area contributed by atoms with Crippen LogP contribution in [-0.4, -0.2) is 41.0 Å². The van der Waals surface area contributed by atoms with Gasteiger partial charge >= 0.3 is 0 Å². The van der Waals surface area contributed by atoms with Crippen LogP contribution in [0.1, 0.15) is 18.7 Å². The van der Waals surface area contributed by atoms with Crippen LogP contribution in [0.15, 0.2) is 6.07 Å². The van der Waals surface area contributed by atoms with Gasteiger partial charge in [0, 0.05) is 24.0 Å². The fourth-order valence-corrected chi connectivity index (χ4v) is 2.73. The summed E-state index contributed by atoms with van der Waals surface area (Å²) in [6.45, 7) is 8.22. The summed E-state index contributed by atoms with van der Waals surface area (Å²) in [5, 5.41) is 4.43. The molecule has 0 saturated heterocycles. The second-order valence-corrected chi connectivity index (χ2v) is 6.35. The lowest BCUT2D eigenvalue weighted by Crippen LogP contribution is -2.31. The molecule has 0 radical (unpaired) electrons. The number of hydrazine groups is 1. The molecule has 0 unspecified atom stereocenters. The van der Waals surface area contributed by atoms with Gasteiger partial charge in [0.15, 0.2) is 0 Å². The zero-order chi connectivity index (χ0) is 14.7. The van der Waals surface area contributed by atoms with Crippen molar-refractivity contribution in [2.75, 3.05) is 30.9 Å². The van der Waals surface area contributed by atoms with E-state index in [-0.39, 0.29) is 0 Å². The minimum Gasteiger partial charge on any atom is -0.368 e. The molecule has 2 aromatic rings. The monoisotopic (exact) mass is 294 g/mol. The molecule has 2 aromatic heterocycles. The SMILES string of the molecule is Cc1cc2c(NCCN(C)C(C)C)nc(NN)nc2s1. The highest BCUT2D eigenvalue weighted by Crippen LogP contribution is 2.29. The first-order chi connectivity index (χ1) is 9.51. The third kappa shape index (κ3) is 3.36. The number of rotatable bonds is 6. The zero-order valence-corrected chi connectivity index (χ0v) is 13.2. The van der Waals surface area contributed by atoms with Crippen LogP contribution in [0, 0.1) is 6.92 Å². The van der Waals surface area contributed by atoms with Crippen molar-refractivity contribution in [3.8, 4) is 0 Å². The highest BCUT2D eigenvalue weighted by Gasteiger charge is 2.10. The molecule has 20 heavy (non-hydrogen) atoms. The Hall–Kier alpha value is -1.44. The van der Waals surface area contributed by atoms with E-state index in [1.54, 1.807) is 11.3 Å². The van der Waals surface area contributed by atoms with Gasteiger partial charge in [0.1, 0.15) is 10.6 Å². The normalized spacial score (nSPS) is 11.6. The lowest BCUT2D eigenvalue weighted by molar-refractivity contribution is 0.284. The Morgan fingerprint density at radius 1 is 1.40 bits per heavy atom. The van der Waals surface area contributed by atoms with E-state index in [4.69, 9.17) is 5.84 Å². The molecule has 0 aliphatic carbocycles. The average Bonchev–Trinajstić information content (AvgIpc) is 2.78. The lowest BCUT2D eigenvalue weighted by atomic mass is 10.3. The standard InChI is InChI=1S/C13H22N6S/c1-8(2)19(4)6-5-15-11-10-7-9(3)20-12(10)17-13(16-11)18-14/h7-8H,5-6,14H2,1-4H3,(H2,15,16,17,18). The first-order valence-corrected chi connectivity index (χ1v) is 7.52. The predicted octanol–water partition coefficient (Wildman–Crippen LogP) is 2.04. The van der Waals surface area contributed by atoms with Crippen molar-refractivity contribution in [1.82, 2.24) is 14.9 Å². The summed E-state index contributed by atoms with van der Waals surface area (Å²) in [6.07, 6.45) is 0. The summed E-state index contributed by atoms with van der Waals surface area (Å²) in [4.78, 5) is 13.2. The Balaban J connectivity index is 2.15. The van der Waals surface area contributed by atoms with Crippen LogP contribution in [-0.2, 0) is 0 Å². The Bertz CT molecular complexity index is 579. The Labute approximate surface area is 123 Å². The van der Waals surface area contributed by atoms with E-state index >= 15 is 0 Å². The molecule has 2 rings (SSSR count). The maximum atomic E-state index is 5.43. The molecule has 0 aliphatic heterocycles. The van der Waals surface area contributed by atoms with Crippen LogP contribution in [0.3, 0.4) is 0 Å². The summed E-state index contributed by atoms with van der Waals surface area (Å²) in [5.41, 5.74) is 2.52. The molecule has 0 aliphatic rings. The quantitative estimate of drug-likeness (QED) is 0.559. The molecule has 0 saturated carbocycles. The van der Waals surface area contributed by atoms with Crippen LogP contribution >= 0.6 is 11.3 Å². The van der Waals surface area contributed by atoms with Crippen molar-refractivity contribution in [2.45, 2.75) is 26.8 Å². The Morgan fingerprint density at radius 2 is 2.15 bits per heavy atom. The number of likely N-dealkylation sites (N-methyl/N-ethyl adjacent to an activating group) is 1. The van der Waals surface area contributed by atoms with Crippen LogP contribution in [0.2, 0.25) is 0 Å². The third-order valence-electron chi connectivity index (χ3n) is 3.28. The third-order valence-corrected chi connectivity index (χ3v) is 4.23. The molecule has 2 heterocycles. The molecular formula is C13H22N6S. The topological polar surface area (TPSA) is 79.1 Å². The molecule has 110 valence electrons. The summed E-state index contributed by atoms with van der Waals surface area (Å²) in [6, 6.07) is 2.64. The zero-order valence-electron chi connectivity index (χ0n) is 12.4. The fraction of sp³-hybridized carbons (Fsp3) is 0.538. The molecule has 4 N–H and O–H groups in total. The van der Waals surface area contributed by atoms with E-state index in [0.29, 0.717) is 12.0 Å². The van der Waals surface area contributed by atoms with Gasteiger partial charge in [-0.2, -0.15) is 4.98 Å². The summed E-state index contributed by atoms with van der Waals surface area (Å²) in [7, 11) is 2.11. The molecule has 0 bridgehead atoms. The first-order valence-electron chi connectivity index (χ1n) is 6.70. The lowest BCUT2D eigenvalue weighted by Gasteiger charge is -2.21. The van der Waals surface area contributed by atoms with Gasteiger partial charge in [0.2, 0.25) is 5.95 Å². The van der Waals surface area contributed by atoms with Crippen LogP contribution in [0.5, 0.6) is 0 Å². The van der Waals surface area contributed by atoms with Gasteiger partial charge in [-0.25, -0.2) is 10.8 Å². The number of nitrogens with one attached hydrogen (secondary N) is 2. The number of aryl methyl sites for hydroxylation is 1. The van der Waals surface area contributed by atoms with Crippen molar-refractivity contribution in [1.29, 1.82) is 0 Å². The molecule has 0 amide bonds. The van der Waals surface area contributed by atoms with Gasteiger partial charge in [-0.3, -0.25) is 5.43 Å². The summed E-state index contributed by atoms with van der Waals surface area (Å²) < 4.78 is 0. The van der Waals surface area contributed by atoms with Gasteiger partial charge in [-0.1, -0.05) is 0 Å². The maximum Gasteiger partial charge on any atom is 0.240 e. The fourth-order valence-electron chi connectivity index (χ4n) is 1.85. The number of nitrogens with zero attached hydrogens (tertiary/aromatic N) is 3. The van der Waals surface area contributed by atoms with Gasteiger partial charge in [-0.05, 0) is 33.9 Å². The van der Waals surface area contributed by atoms with E-state index in [2.05, 4.69) is 59.5 Å². The number of fused-ring (bicyclic) bond motifs is 1. The van der Waals surface area contributed by atoms with E-state index in [1.165, 1.54) is 4.88 Å². The Kier molecular flexibility index (Phi) is 4.74. The van der Waals surface area contributed by atoms with E-state index in [0.717, 1.165) is 29.1 Å². The summed E-state index contributed by atoms with van der Waals surface area (Å²) in [5.74, 6) is 6.71. The first kappa shape index (κ1) is 15.0. The molecule has 0 spiro atoms. The van der Waals surface area contributed by atoms with Crippen LogP contribution < -0.4 is 16.6 Å². The molecule has 7 heteroatoms. The Morgan fingerprint density at radius 3 is 2.80 bits per heavy atom. The number of thiophene rings is 1. The van der Waals surface area contributed by atoms with Crippen molar-refractivity contribution in [3.05, 3.63) is 10.9 Å². The molecule has 0 aromatic carbocycles. The van der Waals surface area contributed by atoms with Gasteiger partial charge < -0.3 is 10.2 Å². The van der Waals surface area contributed by atoms with Crippen LogP contribution in [0.4, 0.5) is 11.8 Å². The van der Waals surface area contributed by atoms with Crippen LogP contribution in [0.25, 0.3) is 10.2 Å². The van der Waals surface area contributed by atoms with E-state index in [9.17, 15) is 0 Å². The number of nitrogens with two attached hydrogens (primary N) is 1. The van der Waals surface area contributed by atoms with E-state index in [1.807, 2.05) is 0 Å². The van der Waals surface area contributed by atoms with Crippen molar-refractivity contribution in [3.63, 3.8) is 0 Å². The molecular weight excluding hydrogens is 272 g/mol. The molecule has 0 fully saturated rings. The largest absolute Gasteiger partial charge is 0.368 e.